The highest BCUT2D eigenvalue weighted by Gasteiger charge is 2.15. The van der Waals surface area contributed by atoms with Crippen molar-refractivity contribution in [2.45, 2.75) is 19.6 Å². The van der Waals surface area contributed by atoms with Gasteiger partial charge < -0.3 is 9.40 Å². The Kier molecular flexibility index (Phi) is 5.10. The Labute approximate surface area is 175 Å². The van der Waals surface area contributed by atoms with Crippen LogP contribution in [-0.2, 0) is 19.6 Å². The summed E-state index contributed by atoms with van der Waals surface area (Å²) in [6.45, 7) is 2.19. The van der Waals surface area contributed by atoms with E-state index in [-0.39, 0.29) is 0 Å². The third-order valence-corrected chi connectivity index (χ3v) is 5.08. The molecule has 2 heterocycles. The molecule has 0 fully saturated rings. The summed E-state index contributed by atoms with van der Waals surface area (Å²) in [7, 11) is 0. The molecule has 2 aromatic heterocycles. The Bertz CT molecular complexity index is 1150. The van der Waals surface area contributed by atoms with E-state index in [9.17, 15) is 0 Å². The summed E-state index contributed by atoms with van der Waals surface area (Å²) in [6, 6.07) is 31.1. The maximum absolute atomic E-state index is 6.01. The Hall–Kier alpha value is -3.70. The minimum absolute atomic E-state index is 0.514. The fraction of sp³-hybridized carbons (Fsp3) is 0.120. The van der Waals surface area contributed by atoms with Crippen molar-refractivity contribution in [2.24, 2.45) is 0 Å². The lowest BCUT2D eigenvalue weighted by molar-refractivity contribution is 0.223. The van der Waals surface area contributed by atoms with E-state index in [0.717, 1.165) is 29.7 Å². The monoisotopic (exact) mass is 394 g/mol. The second-order valence-corrected chi connectivity index (χ2v) is 7.39. The van der Waals surface area contributed by atoms with Gasteiger partial charge in [-0.05, 0) is 23.3 Å². The molecule has 0 saturated carbocycles. The zero-order valence-corrected chi connectivity index (χ0v) is 16.5. The lowest BCUT2D eigenvalue weighted by Crippen LogP contribution is -2.22. The van der Waals surface area contributed by atoms with Crippen LogP contribution in [0.15, 0.2) is 95.4 Å². The van der Waals surface area contributed by atoms with Gasteiger partial charge in [-0.15, -0.1) is 10.2 Å². The Balaban J connectivity index is 1.37. The minimum Gasteiger partial charge on any atom is -0.418 e. The zero-order chi connectivity index (χ0) is 20.2. The summed E-state index contributed by atoms with van der Waals surface area (Å²) in [6.07, 6.45) is 0. The molecule has 3 aromatic carbocycles. The van der Waals surface area contributed by atoms with Crippen LogP contribution in [0.3, 0.4) is 0 Å². The standard InChI is InChI=1S/C25H22N4O/c1-3-9-19(10-4-1)16-29(17-20-11-5-2-6-12-20)18-24-27-28-25(30-24)23-15-21-13-7-8-14-22(21)26-23/h1-15,26H,16-18H2. The lowest BCUT2D eigenvalue weighted by Gasteiger charge is -2.20. The molecule has 0 bridgehead atoms. The highest BCUT2D eigenvalue weighted by atomic mass is 16.4. The molecule has 0 amide bonds. The van der Waals surface area contributed by atoms with Gasteiger partial charge in [-0.25, -0.2) is 0 Å². The van der Waals surface area contributed by atoms with Crippen LogP contribution in [0.5, 0.6) is 0 Å². The summed E-state index contributed by atoms with van der Waals surface area (Å²) >= 11 is 0. The topological polar surface area (TPSA) is 58.0 Å². The average Bonchev–Trinajstić information content (AvgIpc) is 3.42. The van der Waals surface area contributed by atoms with Crippen molar-refractivity contribution < 1.29 is 4.42 Å². The Morgan fingerprint density at radius 3 is 2.00 bits per heavy atom. The zero-order valence-electron chi connectivity index (χ0n) is 16.5. The van der Waals surface area contributed by atoms with Crippen LogP contribution in [0.4, 0.5) is 0 Å². The number of nitrogens with zero attached hydrogens (tertiary/aromatic N) is 3. The molecular weight excluding hydrogens is 372 g/mol. The van der Waals surface area contributed by atoms with Crippen molar-refractivity contribution in [1.29, 1.82) is 0 Å². The fourth-order valence-electron chi connectivity index (χ4n) is 3.66. The quantitative estimate of drug-likeness (QED) is 0.400. The van der Waals surface area contributed by atoms with Crippen molar-refractivity contribution in [3.8, 4) is 11.6 Å². The Morgan fingerprint density at radius 2 is 1.33 bits per heavy atom. The SMILES string of the molecule is c1ccc(CN(Cc2ccccc2)Cc2nnc(-c3cc4ccccc4[nH]3)o2)cc1. The molecule has 1 N–H and O–H groups in total. The van der Waals surface area contributed by atoms with Gasteiger partial charge in [0, 0.05) is 24.0 Å². The largest absolute Gasteiger partial charge is 0.418 e. The first-order chi connectivity index (χ1) is 14.8. The summed E-state index contributed by atoms with van der Waals surface area (Å²) in [4.78, 5) is 5.66. The highest BCUT2D eigenvalue weighted by Crippen LogP contribution is 2.23. The number of para-hydroxylation sites is 1. The maximum Gasteiger partial charge on any atom is 0.264 e. The number of aromatic nitrogens is 3. The Morgan fingerprint density at radius 1 is 0.700 bits per heavy atom. The van der Waals surface area contributed by atoms with Crippen molar-refractivity contribution in [2.75, 3.05) is 0 Å². The molecule has 0 unspecified atom stereocenters. The van der Waals surface area contributed by atoms with Crippen molar-refractivity contribution in [1.82, 2.24) is 20.1 Å². The summed E-state index contributed by atoms with van der Waals surface area (Å²) in [5.41, 5.74) is 4.40. The minimum atomic E-state index is 0.514. The van der Waals surface area contributed by atoms with Gasteiger partial charge in [-0.3, -0.25) is 4.90 Å². The molecule has 0 atom stereocenters. The van der Waals surface area contributed by atoms with Gasteiger partial charge in [-0.1, -0.05) is 78.9 Å². The predicted octanol–water partition coefficient (Wildman–Crippen LogP) is 5.42. The number of aromatic amines is 1. The number of rotatable bonds is 7. The number of benzene rings is 3. The van der Waals surface area contributed by atoms with E-state index in [2.05, 4.69) is 74.7 Å². The van der Waals surface area contributed by atoms with Crippen molar-refractivity contribution >= 4 is 10.9 Å². The third-order valence-electron chi connectivity index (χ3n) is 5.08. The van der Waals surface area contributed by atoms with Crippen LogP contribution < -0.4 is 0 Å². The van der Waals surface area contributed by atoms with Crippen LogP contribution in [0.1, 0.15) is 17.0 Å². The maximum atomic E-state index is 6.01. The van der Waals surface area contributed by atoms with Crippen LogP contribution in [0.2, 0.25) is 0 Å². The van der Waals surface area contributed by atoms with Gasteiger partial charge in [0.25, 0.3) is 5.89 Å². The molecule has 5 aromatic rings. The van der Waals surface area contributed by atoms with Crippen LogP contribution in [0, 0.1) is 0 Å². The van der Waals surface area contributed by atoms with E-state index in [4.69, 9.17) is 4.42 Å². The molecule has 0 aliphatic heterocycles. The van der Waals surface area contributed by atoms with E-state index in [1.54, 1.807) is 0 Å². The first kappa shape index (κ1) is 18.3. The smallest absolute Gasteiger partial charge is 0.264 e. The van der Waals surface area contributed by atoms with Gasteiger partial charge in [0.05, 0.1) is 6.54 Å². The fourth-order valence-corrected chi connectivity index (χ4v) is 3.66. The molecule has 30 heavy (non-hydrogen) atoms. The van der Waals surface area contributed by atoms with Gasteiger partial charge in [0.2, 0.25) is 5.89 Å². The molecule has 0 aliphatic carbocycles. The van der Waals surface area contributed by atoms with Crippen LogP contribution >= 0.6 is 0 Å². The average molecular weight is 394 g/mol. The van der Waals surface area contributed by atoms with E-state index in [0.29, 0.717) is 18.3 Å². The summed E-state index contributed by atoms with van der Waals surface area (Å²) in [5, 5.41) is 9.71. The normalized spacial score (nSPS) is 11.4. The highest BCUT2D eigenvalue weighted by molar-refractivity contribution is 5.84. The summed E-state index contributed by atoms with van der Waals surface area (Å²) < 4.78 is 6.01. The van der Waals surface area contributed by atoms with Crippen molar-refractivity contribution in [3.63, 3.8) is 0 Å². The van der Waals surface area contributed by atoms with E-state index in [1.165, 1.54) is 11.1 Å². The molecule has 148 valence electrons. The van der Waals surface area contributed by atoms with Crippen LogP contribution in [-0.4, -0.2) is 20.1 Å². The summed E-state index contributed by atoms with van der Waals surface area (Å²) in [5.74, 6) is 1.12. The first-order valence-electron chi connectivity index (χ1n) is 10.0. The molecule has 5 nitrogen and oxygen atoms in total. The molecule has 0 radical (unpaired) electrons. The second kappa shape index (κ2) is 8.35. The lowest BCUT2D eigenvalue weighted by atomic mass is 10.1. The van der Waals surface area contributed by atoms with Crippen molar-refractivity contribution in [3.05, 3.63) is 108 Å². The number of hydrogen-bond acceptors (Lipinski definition) is 4. The number of hydrogen-bond donors (Lipinski definition) is 1. The number of fused-ring (bicyclic) bond motifs is 1. The van der Waals surface area contributed by atoms with Gasteiger partial charge >= 0.3 is 0 Å². The third kappa shape index (κ3) is 4.16. The van der Waals surface area contributed by atoms with Gasteiger partial charge in [0.15, 0.2) is 0 Å². The van der Waals surface area contributed by atoms with Gasteiger partial charge in [0.1, 0.15) is 5.69 Å². The van der Waals surface area contributed by atoms with E-state index >= 15 is 0 Å². The van der Waals surface area contributed by atoms with E-state index < -0.39 is 0 Å². The molecular formula is C25H22N4O. The molecule has 0 aliphatic rings. The molecule has 0 spiro atoms. The van der Waals surface area contributed by atoms with Crippen LogP contribution in [0.25, 0.3) is 22.5 Å². The van der Waals surface area contributed by atoms with E-state index in [1.807, 2.05) is 36.4 Å². The molecule has 5 rings (SSSR count). The number of H-pyrrole nitrogens is 1. The molecule has 0 saturated heterocycles. The second-order valence-electron chi connectivity index (χ2n) is 7.39. The van der Waals surface area contributed by atoms with Gasteiger partial charge in [-0.2, -0.15) is 0 Å². The molecule has 5 heteroatoms. The predicted molar refractivity (Wildman–Crippen MR) is 117 cm³/mol. The first-order valence-corrected chi connectivity index (χ1v) is 10.0. The number of nitrogens with one attached hydrogen (secondary N) is 1.